The van der Waals surface area contributed by atoms with Crippen LogP contribution in [0.5, 0.6) is 5.75 Å². The number of nitrogens with one attached hydrogen (secondary N) is 1. The van der Waals surface area contributed by atoms with Gasteiger partial charge in [0.2, 0.25) is 0 Å². The van der Waals surface area contributed by atoms with E-state index in [9.17, 15) is 5.11 Å². The van der Waals surface area contributed by atoms with E-state index >= 15 is 0 Å². The van der Waals surface area contributed by atoms with Crippen molar-refractivity contribution in [2.24, 2.45) is 11.8 Å². The molecule has 1 aromatic heterocycles. The number of benzene rings is 1. The second-order valence-electron chi connectivity index (χ2n) is 7.66. The van der Waals surface area contributed by atoms with Gasteiger partial charge in [0, 0.05) is 17.0 Å². The third-order valence-electron chi connectivity index (χ3n) is 6.02. The van der Waals surface area contributed by atoms with Crippen LogP contribution < -0.4 is 10.1 Å². The van der Waals surface area contributed by atoms with E-state index in [2.05, 4.69) is 31.1 Å². The van der Waals surface area contributed by atoms with Gasteiger partial charge in [-0.05, 0) is 61.1 Å². The average Bonchev–Trinajstić information content (AvgIpc) is 2.78. The Morgan fingerprint density at radius 2 is 1.83 bits per heavy atom. The summed E-state index contributed by atoms with van der Waals surface area (Å²) in [7, 11) is 8.25. The molecule has 0 saturated carbocycles. The SMILES string of the molecule is C.CC.[B]C(CC)(NCCC(C)[C@H](C)CC)C(O)c1ccnc2ccc(OC)cc12. The Balaban J connectivity index is 0.00000272. The highest BCUT2D eigenvalue weighted by Crippen LogP contribution is 2.33. The zero-order valence-electron chi connectivity index (χ0n) is 19.3. The van der Waals surface area contributed by atoms with E-state index < -0.39 is 11.5 Å². The normalized spacial score (nSPS) is 15.7. The molecule has 30 heavy (non-hydrogen) atoms. The summed E-state index contributed by atoms with van der Waals surface area (Å²) in [5, 5.41) is 15.5. The lowest BCUT2D eigenvalue weighted by atomic mass is 9.68. The quantitative estimate of drug-likeness (QED) is 0.477. The molecule has 0 aliphatic carbocycles. The van der Waals surface area contributed by atoms with Gasteiger partial charge in [-0.15, -0.1) is 0 Å². The number of methoxy groups -OCH3 is 1. The van der Waals surface area contributed by atoms with Gasteiger partial charge in [0.25, 0.3) is 0 Å². The lowest BCUT2D eigenvalue weighted by Gasteiger charge is -2.37. The number of hydrogen-bond acceptors (Lipinski definition) is 4. The molecular weight excluding hydrogens is 371 g/mol. The van der Waals surface area contributed by atoms with E-state index in [0.29, 0.717) is 18.3 Å². The van der Waals surface area contributed by atoms with Crippen LogP contribution in [-0.2, 0) is 0 Å². The second kappa shape index (κ2) is 13.7. The molecule has 0 aliphatic heterocycles. The lowest BCUT2D eigenvalue weighted by molar-refractivity contribution is 0.103. The van der Waals surface area contributed by atoms with Crippen molar-refractivity contribution < 1.29 is 9.84 Å². The Bertz CT molecular complexity index is 740. The van der Waals surface area contributed by atoms with E-state index in [1.165, 1.54) is 6.42 Å². The number of aliphatic hydroxyl groups excluding tert-OH is 1. The van der Waals surface area contributed by atoms with Crippen molar-refractivity contribution in [3.05, 3.63) is 36.0 Å². The Morgan fingerprint density at radius 3 is 2.40 bits per heavy atom. The van der Waals surface area contributed by atoms with E-state index in [1.807, 2.05) is 45.0 Å². The van der Waals surface area contributed by atoms with Gasteiger partial charge in [-0.3, -0.25) is 4.98 Å². The highest BCUT2D eigenvalue weighted by molar-refractivity contribution is 6.16. The molecule has 0 fully saturated rings. The van der Waals surface area contributed by atoms with Gasteiger partial charge in [0.05, 0.1) is 26.6 Å². The van der Waals surface area contributed by atoms with Crippen LogP contribution in [0.1, 0.15) is 79.9 Å². The van der Waals surface area contributed by atoms with Gasteiger partial charge in [-0.2, -0.15) is 0 Å². The van der Waals surface area contributed by atoms with Crippen LogP contribution in [-0.4, -0.2) is 37.0 Å². The minimum atomic E-state index is -0.896. The molecule has 4 atom stereocenters. The molecule has 168 valence electrons. The largest absolute Gasteiger partial charge is 0.497 e. The molecule has 3 unspecified atom stereocenters. The topological polar surface area (TPSA) is 54.4 Å². The molecule has 2 aromatic rings. The number of ether oxygens (including phenoxy) is 1. The standard InChI is InChI=1S/C22H33BN2O2.C2H6.CH4/c1-6-15(3)16(4)10-13-25-22(23,7-2)21(26)18-11-12-24-20-9-8-17(27-5)14-19(18)20;1-2;/h8-9,11-12,14-16,21,25-26H,6-7,10,13H2,1-5H3;1-2H3;1H4/t15-,16?,21?,22?;;/m1../s1. The van der Waals surface area contributed by atoms with Crippen molar-refractivity contribution in [3.63, 3.8) is 0 Å². The maximum atomic E-state index is 11.2. The van der Waals surface area contributed by atoms with Crippen LogP contribution in [0.4, 0.5) is 0 Å². The monoisotopic (exact) mass is 414 g/mol. The molecule has 0 bridgehead atoms. The first kappa shape index (κ1) is 28.4. The number of aliphatic hydroxyl groups is 1. The fraction of sp³-hybridized carbons (Fsp3) is 0.640. The van der Waals surface area contributed by atoms with Crippen LogP contribution in [0.2, 0.25) is 0 Å². The number of aromatic nitrogens is 1. The predicted molar refractivity (Wildman–Crippen MR) is 131 cm³/mol. The van der Waals surface area contributed by atoms with Crippen LogP contribution in [0.3, 0.4) is 0 Å². The summed E-state index contributed by atoms with van der Waals surface area (Å²) in [5.41, 5.74) is 0.689. The molecule has 0 amide bonds. The van der Waals surface area contributed by atoms with Gasteiger partial charge in [0.15, 0.2) is 0 Å². The molecule has 0 spiro atoms. The third kappa shape index (κ3) is 6.99. The van der Waals surface area contributed by atoms with Crippen LogP contribution in [0.15, 0.2) is 30.5 Å². The van der Waals surface area contributed by atoms with Crippen molar-refractivity contribution >= 4 is 18.7 Å². The van der Waals surface area contributed by atoms with Gasteiger partial charge in [-0.1, -0.05) is 55.4 Å². The summed E-state index contributed by atoms with van der Waals surface area (Å²) in [5.74, 6) is 2.03. The number of fused-ring (bicyclic) bond motifs is 1. The summed E-state index contributed by atoms with van der Waals surface area (Å²) in [6.45, 7) is 13.6. The van der Waals surface area contributed by atoms with E-state index in [-0.39, 0.29) is 7.43 Å². The zero-order valence-corrected chi connectivity index (χ0v) is 19.3. The Hall–Kier alpha value is -1.59. The maximum Gasteiger partial charge on any atom is 0.119 e. The Morgan fingerprint density at radius 1 is 1.17 bits per heavy atom. The number of pyridine rings is 1. The van der Waals surface area contributed by atoms with Crippen molar-refractivity contribution in [3.8, 4) is 5.75 Å². The van der Waals surface area contributed by atoms with E-state index in [4.69, 9.17) is 12.6 Å². The van der Waals surface area contributed by atoms with Crippen LogP contribution in [0.25, 0.3) is 10.9 Å². The fourth-order valence-electron chi connectivity index (χ4n) is 3.42. The number of hydrogen-bond donors (Lipinski definition) is 2. The summed E-state index contributed by atoms with van der Waals surface area (Å²) < 4.78 is 5.34. The second-order valence-corrected chi connectivity index (χ2v) is 7.66. The molecule has 1 aromatic carbocycles. The number of nitrogens with zero attached hydrogens (tertiary/aromatic N) is 1. The highest BCUT2D eigenvalue weighted by atomic mass is 16.5. The third-order valence-corrected chi connectivity index (χ3v) is 6.02. The van der Waals surface area contributed by atoms with E-state index in [1.54, 1.807) is 13.3 Å². The van der Waals surface area contributed by atoms with Crippen molar-refractivity contribution in [1.29, 1.82) is 0 Å². The van der Waals surface area contributed by atoms with Gasteiger partial charge in [-0.25, -0.2) is 0 Å². The molecule has 2 radical (unpaired) electrons. The summed E-state index contributed by atoms with van der Waals surface area (Å²) in [6, 6.07) is 7.51. The Kier molecular flexibility index (Phi) is 12.9. The van der Waals surface area contributed by atoms with Gasteiger partial charge >= 0.3 is 0 Å². The average molecular weight is 414 g/mol. The van der Waals surface area contributed by atoms with Gasteiger partial charge < -0.3 is 15.2 Å². The van der Waals surface area contributed by atoms with Crippen molar-refractivity contribution in [2.45, 2.75) is 79.8 Å². The first-order valence-corrected chi connectivity index (χ1v) is 11.0. The minimum Gasteiger partial charge on any atom is -0.497 e. The molecule has 1 heterocycles. The minimum absolute atomic E-state index is 0. The van der Waals surface area contributed by atoms with Crippen LogP contribution in [0, 0.1) is 11.8 Å². The van der Waals surface area contributed by atoms with Crippen molar-refractivity contribution in [1.82, 2.24) is 10.3 Å². The molecule has 5 heteroatoms. The predicted octanol–water partition coefficient (Wildman–Crippen LogP) is 5.88. The molecule has 4 nitrogen and oxygen atoms in total. The zero-order chi connectivity index (χ0) is 22.0. The van der Waals surface area contributed by atoms with E-state index in [0.717, 1.165) is 35.2 Å². The fourth-order valence-corrected chi connectivity index (χ4v) is 3.42. The maximum absolute atomic E-state index is 11.2. The molecule has 2 rings (SSSR count). The number of rotatable bonds is 10. The first-order valence-electron chi connectivity index (χ1n) is 11.0. The van der Waals surface area contributed by atoms with Crippen LogP contribution >= 0.6 is 0 Å². The summed E-state index contributed by atoms with van der Waals surface area (Å²) >= 11 is 0. The smallest absolute Gasteiger partial charge is 0.119 e. The summed E-state index contributed by atoms with van der Waals surface area (Å²) in [6.07, 6.45) is 3.69. The van der Waals surface area contributed by atoms with Crippen molar-refractivity contribution in [2.75, 3.05) is 13.7 Å². The highest BCUT2D eigenvalue weighted by Gasteiger charge is 2.32. The molecule has 0 saturated heterocycles. The summed E-state index contributed by atoms with van der Waals surface area (Å²) in [4.78, 5) is 4.39. The molecule has 2 N–H and O–H groups in total. The lowest BCUT2D eigenvalue weighted by Crippen LogP contribution is -2.51. The molecule has 0 aliphatic rings. The Labute approximate surface area is 186 Å². The first-order chi connectivity index (χ1) is 13.9. The molecular formula is C25H43BN2O2. The van der Waals surface area contributed by atoms with Gasteiger partial charge in [0.1, 0.15) is 5.75 Å².